The third kappa shape index (κ3) is 2.91. The fourth-order valence-corrected chi connectivity index (χ4v) is 2.29. The summed E-state index contributed by atoms with van der Waals surface area (Å²) < 4.78 is 0. The molecule has 0 radical (unpaired) electrons. The van der Waals surface area contributed by atoms with Crippen molar-refractivity contribution in [2.24, 2.45) is 0 Å². The van der Waals surface area contributed by atoms with Crippen LogP contribution >= 0.6 is 0 Å². The first-order chi connectivity index (χ1) is 9.95. The Morgan fingerprint density at radius 1 is 1.19 bits per heavy atom. The summed E-state index contributed by atoms with van der Waals surface area (Å²) in [6.07, 6.45) is 1.90. The van der Waals surface area contributed by atoms with E-state index < -0.39 is 10.9 Å². The van der Waals surface area contributed by atoms with Crippen LogP contribution in [0, 0.1) is 6.92 Å². The van der Waals surface area contributed by atoms with Gasteiger partial charge in [0, 0.05) is 6.04 Å². The van der Waals surface area contributed by atoms with Crippen molar-refractivity contribution >= 4 is 17.1 Å². The molecule has 5 nitrogen and oxygen atoms in total. The Hall–Kier alpha value is -2.30. The standard InChI is InChI=1S/C16H20N2O3/c1-4-6-10(3)17-12-13(16(21)15(12)20)18-11-8-5-7-9(2)14(11)19/h5,7-8,10,17-19H,4,6H2,1-3H3. The van der Waals surface area contributed by atoms with E-state index in [1.165, 1.54) is 0 Å². The van der Waals surface area contributed by atoms with E-state index in [0.29, 0.717) is 16.9 Å². The maximum absolute atomic E-state index is 11.7. The summed E-state index contributed by atoms with van der Waals surface area (Å²) in [7, 11) is 0. The minimum absolute atomic E-state index is 0.0816. The smallest absolute Gasteiger partial charge is 0.253 e. The molecular formula is C16H20N2O3. The van der Waals surface area contributed by atoms with Gasteiger partial charge in [0.05, 0.1) is 5.69 Å². The summed E-state index contributed by atoms with van der Waals surface area (Å²) in [6.45, 7) is 5.80. The fraction of sp³-hybridized carbons (Fsp3) is 0.375. The van der Waals surface area contributed by atoms with E-state index in [1.54, 1.807) is 25.1 Å². The molecule has 2 aromatic rings. The predicted molar refractivity (Wildman–Crippen MR) is 85.5 cm³/mol. The van der Waals surface area contributed by atoms with Crippen molar-refractivity contribution in [3.05, 3.63) is 44.2 Å². The van der Waals surface area contributed by atoms with Crippen molar-refractivity contribution < 1.29 is 5.11 Å². The van der Waals surface area contributed by atoms with E-state index in [2.05, 4.69) is 17.6 Å². The number of aryl methyl sites for hydroxylation is 1. The van der Waals surface area contributed by atoms with Gasteiger partial charge in [-0.05, 0) is 31.9 Å². The minimum atomic E-state index is -0.554. The Bertz CT molecular complexity index is 715. The molecule has 0 fully saturated rings. The van der Waals surface area contributed by atoms with Gasteiger partial charge < -0.3 is 15.7 Å². The van der Waals surface area contributed by atoms with E-state index >= 15 is 0 Å². The predicted octanol–water partition coefficient (Wildman–Crippen LogP) is 2.64. The highest BCUT2D eigenvalue weighted by Crippen LogP contribution is 2.30. The van der Waals surface area contributed by atoms with Gasteiger partial charge in [0.2, 0.25) is 0 Å². The maximum atomic E-state index is 11.7. The first-order valence-corrected chi connectivity index (χ1v) is 7.11. The molecular weight excluding hydrogens is 268 g/mol. The Morgan fingerprint density at radius 2 is 1.86 bits per heavy atom. The lowest BCUT2D eigenvalue weighted by atomic mass is 10.1. The SMILES string of the molecule is CCCC(C)Nc1c(Nc2cccc(C)c2O)c(=O)c1=O. The molecule has 0 saturated carbocycles. The normalized spacial score (nSPS) is 12.3. The molecule has 0 amide bonds. The van der Waals surface area contributed by atoms with Crippen molar-refractivity contribution in [3.63, 3.8) is 0 Å². The first-order valence-electron chi connectivity index (χ1n) is 7.11. The Labute approximate surface area is 123 Å². The highest BCUT2D eigenvalue weighted by molar-refractivity contribution is 5.80. The minimum Gasteiger partial charge on any atom is -0.505 e. The number of phenolic OH excluding ortho intramolecular Hbond substituents is 1. The zero-order valence-electron chi connectivity index (χ0n) is 12.5. The fourth-order valence-electron chi connectivity index (χ4n) is 2.29. The molecule has 5 heteroatoms. The van der Waals surface area contributed by atoms with Gasteiger partial charge >= 0.3 is 0 Å². The van der Waals surface area contributed by atoms with Crippen LogP contribution in [0.25, 0.3) is 0 Å². The van der Waals surface area contributed by atoms with E-state index in [4.69, 9.17) is 0 Å². The highest BCUT2D eigenvalue weighted by atomic mass is 16.3. The number of anilines is 3. The van der Waals surface area contributed by atoms with E-state index in [-0.39, 0.29) is 17.5 Å². The van der Waals surface area contributed by atoms with Gasteiger partial charge in [-0.3, -0.25) is 9.59 Å². The molecule has 0 aliphatic carbocycles. The molecule has 1 atom stereocenters. The quantitative estimate of drug-likeness (QED) is 0.562. The number of hydrogen-bond donors (Lipinski definition) is 3. The number of hydrogen-bond acceptors (Lipinski definition) is 5. The van der Waals surface area contributed by atoms with Crippen molar-refractivity contribution in [3.8, 4) is 5.75 Å². The molecule has 0 heterocycles. The van der Waals surface area contributed by atoms with Gasteiger partial charge in [0.15, 0.2) is 0 Å². The molecule has 0 aliphatic rings. The third-order valence-corrected chi connectivity index (χ3v) is 3.52. The van der Waals surface area contributed by atoms with Crippen molar-refractivity contribution in [2.75, 3.05) is 10.6 Å². The molecule has 0 aliphatic heterocycles. The van der Waals surface area contributed by atoms with Crippen LogP contribution in [-0.4, -0.2) is 11.1 Å². The number of rotatable bonds is 6. The second-order valence-corrected chi connectivity index (χ2v) is 5.34. The topological polar surface area (TPSA) is 78.4 Å². The van der Waals surface area contributed by atoms with Crippen LogP contribution in [0.1, 0.15) is 32.3 Å². The second-order valence-electron chi connectivity index (χ2n) is 5.34. The summed E-state index contributed by atoms with van der Waals surface area (Å²) in [5, 5.41) is 15.9. The molecule has 21 heavy (non-hydrogen) atoms. The van der Waals surface area contributed by atoms with Gasteiger partial charge in [-0.25, -0.2) is 0 Å². The maximum Gasteiger partial charge on any atom is 0.253 e. The number of phenols is 1. The van der Waals surface area contributed by atoms with Gasteiger partial charge in [-0.2, -0.15) is 0 Å². The van der Waals surface area contributed by atoms with Gasteiger partial charge in [0.1, 0.15) is 17.1 Å². The van der Waals surface area contributed by atoms with Crippen molar-refractivity contribution in [1.29, 1.82) is 0 Å². The Balaban J connectivity index is 2.25. The van der Waals surface area contributed by atoms with Crippen molar-refractivity contribution in [2.45, 2.75) is 39.7 Å². The van der Waals surface area contributed by atoms with E-state index in [1.807, 2.05) is 6.92 Å². The molecule has 112 valence electrons. The van der Waals surface area contributed by atoms with Crippen LogP contribution in [0.5, 0.6) is 5.75 Å². The molecule has 0 saturated heterocycles. The molecule has 0 bridgehead atoms. The van der Waals surface area contributed by atoms with Gasteiger partial charge in [-0.15, -0.1) is 0 Å². The van der Waals surface area contributed by atoms with Crippen LogP contribution < -0.4 is 21.5 Å². The molecule has 0 spiro atoms. The number of aromatic hydroxyl groups is 1. The number of para-hydroxylation sites is 1. The highest BCUT2D eigenvalue weighted by Gasteiger charge is 2.23. The average Bonchev–Trinajstić information content (AvgIpc) is 2.46. The summed E-state index contributed by atoms with van der Waals surface area (Å²) in [6, 6.07) is 5.32. The van der Waals surface area contributed by atoms with Crippen LogP contribution in [0.15, 0.2) is 27.8 Å². The van der Waals surface area contributed by atoms with Crippen LogP contribution in [-0.2, 0) is 0 Å². The molecule has 2 rings (SSSR count). The lowest BCUT2D eigenvalue weighted by Gasteiger charge is -2.19. The van der Waals surface area contributed by atoms with Gasteiger partial charge in [0.25, 0.3) is 10.9 Å². The van der Waals surface area contributed by atoms with Gasteiger partial charge in [-0.1, -0.05) is 25.5 Å². The molecule has 3 N–H and O–H groups in total. The van der Waals surface area contributed by atoms with Crippen LogP contribution in [0.4, 0.5) is 17.1 Å². The zero-order chi connectivity index (χ0) is 15.6. The van der Waals surface area contributed by atoms with E-state index in [0.717, 1.165) is 12.8 Å². The summed E-state index contributed by atoms with van der Waals surface area (Å²) in [5.74, 6) is 0.0816. The lowest BCUT2D eigenvalue weighted by Crippen LogP contribution is -2.38. The summed E-state index contributed by atoms with van der Waals surface area (Å²) in [5.41, 5.74) is 0.598. The van der Waals surface area contributed by atoms with Crippen LogP contribution in [0.3, 0.4) is 0 Å². The number of benzene rings is 1. The molecule has 1 unspecified atom stereocenters. The van der Waals surface area contributed by atoms with E-state index in [9.17, 15) is 14.7 Å². The first kappa shape index (κ1) is 15.1. The Morgan fingerprint density at radius 3 is 2.52 bits per heavy atom. The number of nitrogens with one attached hydrogen (secondary N) is 2. The van der Waals surface area contributed by atoms with Crippen LogP contribution in [0.2, 0.25) is 0 Å². The van der Waals surface area contributed by atoms with Crippen molar-refractivity contribution in [1.82, 2.24) is 0 Å². The third-order valence-electron chi connectivity index (χ3n) is 3.52. The largest absolute Gasteiger partial charge is 0.505 e. The lowest BCUT2D eigenvalue weighted by molar-refractivity contribution is 0.473. The monoisotopic (exact) mass is 288 g/mol. The molecule has 0 aromatic heterocycles. The zero-order valence-corrected chi connectivity index (χ0v) is 12.5. The average molecular weight is 288 g/mol. The molecule has 2 aromatic carbocycles. The second kappa shape index (κ2) is 5.99. The Kier molecular flexibility index (Phi) is 4.31. The summed E-state index contributed by atoms with van der Waals surface area (Å²) >= 11 is 0. The summed E-state index contributed by atoms with van der Waals surface area (Å²) in [4.78, 5) is 23.4.